The summed E-state index contributed by atoms with van der Waals surface area (Å²) >= 11 is 0. The quantitative estimate of drug-likeness (QED) is 0.723. The Hall–Kier alpha value is -3.07. The molecule has 1 saturated heterocycles. The maximum Gasteiger partial charge on any atom is 0.416 e. The van der Waals surface area contributed by atoms with Crippen molar-refractivity contribution >= 4 is 5.91 Å². The molecule has 1 N–H and O–H groups in total. The lowest BCUT2D eigenvalue weighted by molar-refractivity contribution is -0.137. The monoisotopic (exact) mass is 404 g/mol. The molecule has 0 radical (unpaired) electrons. The van der Waals surface area contributed by atoms with E-state index >= 15 is 0 Å². The van der Waals surface area contributed by atoms with Crippen LogP contribution in [0.5, 0.6) is 0 Å². The number of benzene rings is 1. The van der Waals surface area contributed by atoms with Crippen LogP contribution in [0, 0.1) is 0 Å². The highest BCUT2D eigenvalue weighted by Gasteiger charge is 2.31. The number of amides is 1. The van der Waals surface area contributed by atoms with Gasteiger partial charge in [0.2, 0.25) is 0 Å². The number of ether oxygens (including phenoxy) is 1. The highest BCUT2D eigenvalue weighted by molar-refractivity contribution is 5.97. The van der Waals surface area contributed by atoms with Crippen molar-refractivity contribution in [3.8, 4) is 11.5 Å². The van der Waals surface area contributed by atoms with Crippen molar-refractivity contribution in [3.05, 3.63) is 66.1 Å². The minimum Gasteiger partial charge on any atom is -0.379 e. The van der Waals surface area contributed by atoms with Gasteiger partial charge in [0.25, 0.3) is 5.91 Å². The summed E-state index contributed by atoms with van der Waals surface area (Å²) in [6.45, 7) is 1.11. The van der Waals surface area contributed by atoms with Crippen LogP contribution in [0.3, 0.4) is 0 Å². The van der Waals surface area contributed by atoms with E-state index < -0.39 is 11.7 Å². The second kappa shape index (κ2) is 7.75. The van der Waals surface area contributed by atoms with E-state index in [1.54, 1.807) is 29.1 Å². The molecule has 4 rings (SSSR count). The number of hydrogen-bond acceptors (Lipinski definition) is 3. The zero-order valence-electron chi connectivity index (χ0n) is 15.4. The summed E-state index contributed by atoms with van der Waals surface area (Å²) in [6, 6.07) is 8.27. The van der Waals surface area contributed by atoms with Gasteiger partial charge in [-0.25, -0.2) is 4.68 Å². The third-order valence-corrected chi connectivity index (χ3v) is 4.75. The van der Waals surface area contributed by atoms with Crippen molar-refractivity contribution < 1.29 is 22.7 Å². The van der Waals surface area contributed by atoms with Gasteiger partial charge in [-0.1, -0.05) is 6.07 Å². The van der Waals surface area contributed by atoms with E-state index in [2.05, 4.69) is 10.4 Å². The molecule has 29 heavy (non-hydrogen) atoms. The van der Waals surface area contributed by atoms with Crippen LogP contribution in [-0.2, 0) is 10.9 Å². The van der Waals surface area contributed by atoms with Gasteiger partial charge in [-0.15, -0.1) is 0 Å². The summed E-state index contributed by atoms with van der Waals surface area (Å²) in [7, 11) is 0. The van der Waals surface area contributed by atoms with Crippen molar-refractivity contribution in [1.29, 1.82) is 0 Å². The summed E-state index contributed by atoms with van der Waals surface area (Å²) in [5.41, 5.74) is -0.304. The lowest BCUT2D eigenvalue weighted by Gasteiger charge is -2.23. The predicted octanol–water partition coefficient (Wildman–Crippen LogP) is 3.59. The van der Waals surface area contributed by atoms with Crippen LogP contribution in [-0.4, -0.2) is 39.5 Å². The van der Waals surface area contributed by atoms with Gasteiger partial charge in [-0.3, -0.25) is 4.79 Å². The van der Waals surface area contributed by atoms with Crippen LogP contribution in [0.15, 0.2) is 55.0 Å². The second-order valence-electron chi connectivity index (χ2n) is 6.82. The first kappa shape index (κ1) is 19.3. The summed E-state index contributed by atoms with van der Waals surface area (Å²) in [5.74, 6) is 0.0194. The fraction of sp³-hybridized carbons (Fsp3) is 0.300. The third kappa shape index (κ3) is 4.04. The fourth-order valence-corrected chi connectivity index (χ4v) is 3.35. The number of carbonyl (C=O) groups excluding carboxylic acids is 1. The minimum absolute atomic E-state index is 0.106. The highest BCUT2D eigenvalue weighted by Crippen LogP contribution is 2.31. The van der Waals surface area contributed by atoms with Crippen LogP contribution in [0.2, 0.25) is 0 Å². The van der Waals surface area contributed by atoms with Gasteiger partial charge in [0.05, 0.1) is 30.1 Å². The molecule has 0 spiro atoms. The Bertz CT molecular complexity index is 990. The molecular weight excluding hydrogens is 385 g/mol. The number of aromatic nitrogens is 3. The standard InChI is InChI=1S/C20H19F3N4O2/c21-20(22,23)14-5-3-7-16(11-14)27-19(26-8-1-2-9-26)17(12-24-27)18(28)25-15-6-4-10-29-13-15/h1-3,5,7-9,11-12,15H,4,6,10,13H2,(H,25,28). The van der Waals surface area contributed by atoms with Gasteiger partial charge in [0.1, 0.15) is 5.56 Å². The molecule has 3 heterocycles. The molecule has 9 heteroatoms. The first-order valence-corrected chi connectivity index (χ1v) is 9.21. The zero-order chi connectivity index (χ0) is 20.4. The molecule has 2 aromatic heterocycles. The first-order valence-electron chi connectivity index (χ1n) is 9.21. The van der Waals surface area contributed by atoms with E-state index in [-0.39, 0.29) is 23.2 Å². The van der Waals surface area contributed by atoms with E-state index in [9.17, 15) is 18.0 Å². The Labute approximate surface area is 164 Å². The van der Waals surface area contributed by atoms with Crippen molar-refractivity contribution in [2.45, 2.75) is 25.1 Å². The number of nitrogens with zero attached hydrogens (tertiary/aromatic N) is 3. The molecule has 1 unspecified atom stereocenters. The number of rotatable bonds is 4. The Balaban J connectivity index is 1.73. The third-order valence-electron chi connectivity index (χ3n) is 4.75. The molecule has 1 atom stereocenters. The molecule has 1 aliphatic rings. The largest absolute Gasteiger partial charge is 0.416 e. The summed E-state index contributed by atoms with van der Waals surface area (Å²) in [5, 5.41) is 7.14. The summed E-state index contributed by atoms with van der Waals surface area (Å²) in [4.78, 5) is 12.9. The topological polar surface area (TPSA) is 61.1 Å². The van der Waals surface area contributed by atoms with Crippen molar-refractivity contribution in [2.75, 3.05) is 13.2 Å². The zero-order valence-corrected chi connectivity index (χ0v) is 15.4. The van der Waals surface area contributed by atoms with E-state index in [1.807, 2.05) is 0 Å². The SMILES string of the molecule is O=C(NC1CCCOC1)c1cnn(-c2cccc(C(F)(F)F)c2)c1-n1cccc1. The molecule has 152 valence electrons. The molecule has 0 aliphatic carbocycles. The number of halogens is 3. The number of nitrogens with one attached hydrogen (secondary N) is 1. The van der Waals surface area contributed by atoms with Gasteiger partial charge in [0.15, 0.2) is 5.82 Å². The van der Waals surface area contributed by atoms with Crippen LogP contribution in [0.1, 0.15) is 28.8 Å². The van der Waals surface area contributed by atoms with Gasteiger partial charge in [-0.05, 0) is 43.2 Å². The van der Waals surface area contributed by atoms with Crippen molar-refractivity contribution in [2.24, 2.45) is 0 Å². The predicted molar refractivity (Wildman–Crippen MR) is 99.2 cm³/mol. The second-order valence-corrected chi connectivity index (χ2v) is 6.82. The van der Waals surface area contributed by atoms with Crippen LogP contribution in [0.25, 0.3) is 11.5 Å². The molecule has 1 amide bonds. The Morgan fingerprint density at radius 3 is 2.69 bits per heavy atom. The average molecular weight is 404 g/mol. The molecule has 6 nitrogen and oxygen atoms in total. The van der Waals surface area contributed by atoms with Crippen LogP contribution < -0.4 is 5.32 Å². The Morgan fingerprint density at radius 1 is 1.21 bits per heavy atom. The first-order chi connectivity index (χ1) is 13.9. The number of carbonyl (C=O) groups is 1. The maximum absolute atomic E-state index is 13.1. The van der Waals surface area contributed by atoms with Gasteiger partial charge >= 0.3 is 6.18 Å². The van der Waals surface area contributed by atoms with Gasteiger partial charge in [0, 0.05) is 19.0 Å². The van der Waals surface area contributed by atoms with Crippen molar-refractivity contribution in [1.82, 2.24) is 19.7 Å². The van der Waals surface area contributed by atoms with E-state index in [4.69, 9.17) is 4.74 Å². The highest BCUT2D eigenvalue weighted by atomic mass is 19.4. The molecule has 0 saturated carbocycles. The normalized spacial score (nSPS) is 17.3. The minimum atomic E-state index is -4.47. The number of alkyl halides is 3. The van der Waals surface area contributed by atoms with E-state index in [1.165, 1.54) is 23.0 Å². The Kier molecular flexibility index (Phi) is 5.14. The molecule has 3 aromatic rings. The van der Waals surface area contributed by atoms with E-state index in [0.717, 1.165) is 25.0 Å². The van der Waals surface area contributed by atoms with Crippen LogP contribution in [0.4, 0.5) is 13.2 Å². The molecule has 0 bridgehead atoms. The molecule has 1 aromatic carbocycles. The summed E-state index contributed by atoms with van der Waals surface area (Å²) < 4.78 is 47.8. The lowest BCUT2D eigenvalue weighted by Crippen LogP contribution is -2.40. The van der Waals surface area contributed by atoms with Crippen molar-refractivity contribution in [3.63, 3.8) is 0 Å². The summed E-state index contributed by atoms with van der Waals surface area (Å²) in [6.07, 6.45) is 1.99. The number of hydrogen-bond donors (Lipinski definition) is 1. The van der Waals surface area contributed by atoms with Gasteiger partial charge in [-0.2, -0.15) is 18.3 Å². The average Bonchev–Trinajstić information content (AvgIpc) is 3.37. The molecular formula is C20H19F3N4O2. The molecule has 1 fully saturated rings. The Morgan fingerprint density at radius 2 is 2.00 bits per heavy atom. The van der Waals surface area contributed by atoms with E-state index in [0.29, 0.717) is 19.0 Å². The smallest absolute Gasteiger partial charge is 0.379 e. The lowest BCUT2D eigenvalue weighted by atomic mass is 10.1. The van der Waals surface area contributed by atoms with Crippen LogP contribution >= 0.6 is 0 Å². The maximum atomic E-state index is 13.1. The fourth-order valence-electron chi connectivity index (χ4n) is 3.35. The van der Waals surface area contributed by atoms with Gasteiger partial charge < -0.3 is 14.6 Å². The molecule has 1 aliphatic heterocycles.